The van der Waals surface area contributed by atoms with Crippen molar-refractivity contribution in [3.8, 4) is 0 Å². The van der Waals surface area contributed by atoms with Crippen LogP contribution in [0, 0.1) is 0 Å². The van der Waals surface area contributed by atoms with Gasteiger partial charge in [0.05, 0.1) is 12.2 Å². The lowest BCUT2D eigenvalue weighted by molar-refractivity contribution is 0.0624. The van der Waals surface area contributed by atoms with Crippen LogP contribution < -0.4 is 0 Å². The predicted octanol–water partition coefficient (Wildman–Crippen LogP) is 0.429. The van der Waals surface area contributed by atoms with Crippen molar-refractivity contribution in [3.05, 3.63) is 24.4 Å². The summed E-state index contributed by atoms with van der Waals surface area (Å²) in [6, 6.07) is 0. The zero-order chi connectivity index (χ0) is 8.97. The smallest absolute Gasteiger partial charge is 0.181 e. The lowest BCUT2D eigenvalue weighted by Crippen LogP contribution is -2.19. The predicted molar refractivity (Wildman–Crippen MR) is 43.2 cm³/mol. The summed E-state index contributed by atoms with van der Waals surface area (Å²) in [6.07, 6.45) is 4.16. The van der Waals surface area contributed by atoms with Gasteiger partial charge in [0.2, 0.25) is 0 Å². The van der Waals surface area contributed by atoms with Gasteiger partial charge in [-0.05, 0) is 13.0 Å². The Labute approximate surface area is 70.2 Å². The third kappa shape index (κ3) is 2.48. The molecule has 1 rings (SSSR count). The highest BCUT2D eigenvalue weighted by Crippen LogP contribution is 2.01. The van der Waals surface area contributed by atoms with Crippen molar-refractivity contribution in [2.75, 3.05) is 0 Å². The molecule has 1 aromatic heterocycles. The molecule has 0 bridgehead atoms. The summed E-state index contributed by atoms with van der Waals surface area (Å²) in [5.41, 5.74) is 0.620. The van der Waals surface area contributed by atoms with Gasteiger partial charge in [0.1, 0.15) is 12.0 Å². The summed E-state index contributed by atoms with van der Waals surface area (Å²) in [7, 11) is 0. The van der Waals surface area contributed by atoms with Crippen LogP contribution in [0.1, 0.15) is 12.6 Å². The van der Waals surface area contributed by atoms with E-state index in [1.54, 1.807) is 6.08 Å². The molecule has 4 nitrogen and oxygen atoms in total. The molecule has 0 unspecified atom stereocenters. The number of aliphatic hydroxyl groups excluding tert-OH is 2. The number of aliphatic hydroxyl groups is 2. The average molecular weight is 169 g/mol. The summed E-state index contributed by atoms with van der Waals surface area (Å²) >= 11 is 0. The molecule has 0 aliphatic carbocycles. The second-order valence-electron chi connectivity index (χ2n) is 2.50. The number of hydrogen-bond donors (Lipinski definition) is 2. The number of oxazole rings is 1. The van der Waals surface area contributed by atoms with E-state index in [0.717, 1.165) is 0 Å². The highest BCUT2D eigenvalue weighted by molar-refractivity contribution is 5.42. The van der Waals surface area contributed by atoms with Crippen LogP contribution >= 0.6 is 0 Å². The molecule has 12 heavy (non-hydrogen) atoms. The van der Waals surface area contributed by atoms with Crippen LogP contribution in [0.4, 0.5) is 0 Å². The third-order valence-corrected chi connectivity index (χ3v) is 1.41. The Morgan fingerprint density at radius 3 is 2.83 bits per heavy atom. The molecule has 4 heteroatoms. The largest absolute Gasteiger partial charge is 0.451 e. The summed E-state index contributed by atoms with van der Waals surface area (Å²) in [5.74, 6) is 0. The first-order valence-electron chi connectivity index (χ1n) is 3.62. The zero-order valence-electron chi connectivity index (χ0n) is 6.71. The third-order valence-electron chi connectivity index (χ3n) is 1.41. The van der Waals surface area contributed by atoms with Crippen molar-refractivity contribution < 1.29 is 14.6 Å². The Kier molecular flexibility index (Phi) is 3.01. The second kappa shape index (κ2) is 4.04. The van der Waals surface area contributed by atoms with Crippen LogP contribution in [0.5, 0.6) is 0 Å². The van der Waals surface area contributed by atoms with Gasteiger partial charge in [-0.3, -0.25) is 0 Å². The molecule has 0 saturated carbocycles. The monoisotopic (exact) mass is 169 g/mol. The van der Waals surface area contributed by atoms with Gasteiger partial charge in [0.25, 0.3) is 0 Å². The molecular formula is C8H11NO3. The highest BCUT2D eigenvalue weighted by atomic mass is 16.3. The minimum atomic E-state index is -0.860. The minimum Gasteiger partial charge on any atom is -0.451 e. The van der Waals surface area contributed by atoms with Crippen molar-refractivity contribution >= 4 is 6.08 Å². The van der Waals surface area contributed by atoms with Gasteiger partial charge in [-0.1, -0.05) is 6.08 Å². The van der Waals surface area contributed by atoms with E-state index in [9.17, 15) is 0 Å². The van der Waals surface area contributed by atoms with Crippen LogP contribution in [0.2, 0.25) is 0 Å². The van der Waals surface area contributed by atoms with Gasteiger partial charge in [-0.25, -0.2) is 4.98 Å². The van der Waals surface area contributed by atoms with E-state index in [1.807, 2.05) is 0 Å². The molecule has 0 fully saturated rings. The number of rotatable bonds is 3. The molecule has 2 atom stereocenters. The SMILES string of the molecule is C[C@H](O)[C@@H](O)/C=C/c1cocn1. The van der Waals surface area contributed by atoms with E-state index in [0.29, 0.717) is 5.69 Å². The quantitative estimate of drug-likeness (QED) is 0.688. The molecule has 1 heterocycles. The Balaban J connectivity index is 2.51. The second-order valence-corrected chi connectivity index (χ2v) is 2.50. The highest BCUT2D eigenvalue weighted by Gasteiger charge is 2.05. The van der Waals surface area contributed by atoms with Crippen molar-refractivity contribution in [2.24, 2.45) is 0 Å². The van der Waals surface area contributed by atoms with Gasteiger partial charge in [0, 0.05) is 0 Å². The Bertz CT molecular complexity index is 241. The molecule has 2 N–H and O–H groups in total. The van der Waals surface area contributed by atoms with Crippen molar-refractivity contribution in [1.82, 2.24) is 4.98 Å². The number of aromatic nitrogens is 1. The topological polar surface area (TPSA) is 66.5 Å². The fraction of sp³-hybridized carbons (Fsp3) is 0.375. The molecule has 0 spiro atoms. The van der Waals surface area contributed by atoms with Crippen LogP contribution in [0.15, 0.2) is 23.1 Å². The number of nitrogens with zero attached hydrogens (tertiary/aromatic N) is 1. The molecule has 0 aliphatic rings. The first-order chi connectivity index (χ1) is 5.70. The maximum absolute atomic E-state index is 9.13. The fourth-order valence-corrected chi connectivity index (χ4v) is 0.662. The Hall–Kier alpha value is -1.13. The zero-order valence-corrected chi connectivity index (χ0v) is 6.71. The average Bonchev–Trinajstić information content (AvgIpc) is 2.51. The molecule has 0 radical (unpaired) electrons. The van der Waals surface area contributed by atoms with Crippen molar-refractivity contribution in [2.45, 2.75) is 19.1 Å². The first kappa shape index (κ1) is 8.96. The fourth-order valence-electron chi connectivity index (χ4n) is 0.662. The van der Waals surface area contributed by atoms with Crippen LogP contribution in [0.25, 0.3) is 6.08 Å². The Morgan fingerprint density at radius 2 is 2.33 bits per heavy atom. The molecule has 1 aromatic rings. The summed E-state index contributed by atoms with van der Waals surface area (Å²) in [6.45, 7) is 1.51. The molecule has 0 saturated heterocycles. The van der Waals surface area contributed by atoms with Crippen molar-refractivity contribution in [1.29, 1.82) is 0 Å². The first-order valence-corrected chi connectivity index (χ1v) is 3.62. The maximum Gasteiger partial charge on any atom is 0.181 e. The Morgan fingerprint density at radius 1 is 1.58 bits per heavy atom. The van der Waals surface area contributed by atoms with E-state index in [-0.39, 0.29) is 0 Å². The summed E-state index contributed by atoms with van der Waals surface area (Å²) < 4.78 is 4.70. The normalized spacial score (nSPS) is 16.6. The van der Waals surface area contributed by atoms with E-state index >= 15 is 0 Å². The molecule has 0 aromatic carbocycles. The minimum absolute atomic E-state index is 0.620. The van der Waals surface area contributed by atoms with Gasteiger partial charge in [-0.2, -0.15) is 0 Å². The molecule has 66 valence electrons. The van der Waals surface area contributed by atoms with E-state index < -0.39 is 12.2 Å². The van der Waals surface area contributed by atoms with E-state index in [2.05, 4.69) is 4.98 Å². The lowest BCUT2D eigenvalue weighted by atomic mass is 10.2. The van der Waals surface area contributed by atoms with Crippen molar-refractivity contribution in [3.63, 3.8) is 0 Å². The molecular weight excluding hydrogens is 158 g/mol. The summed E-state index contributed by atoms with van der Waals surface area (Å²) in [5, 5.41) is 18.0. The van der Waals surface area contributed by atoms with E-state index in [4.69, 9.17) is 14.6 Å². The van der Waals surface area contributed by atoms with Crippen LogP contribution in [-0.4, -0.2) is 27.4 Å². The van der Waals surface area contributed by atoms with Gasteiger partial charge in [0.15, 0.2) is 6.39 Å². The standard InChI is InChI=1S/C8H11NO3/c1-6(10)8(11)3-2-7-4-12-5-9-7/h2-6,8,10-11H,1H3/b3-2+/t6-,8-/m0/s1. The van der Waals surface area contributed by atoms with Gasteiger partial charge in [-0.15, -0.1) is 0 Å². The maximum atomic E-state index is 9.13. The summed E-state index contributed by atoms with van der Waals surface area (Å²) in [4.78, 5) is 3.80. The number of hydrogen-bond acceptors (Lipinski definition) is 4. The van der Waals surface area contributed by atoms with Gasteiger partial charge < -0.3 is 14.6 Å². The molecule has 0 aliphatic heterocycles. The van der Waals surface area contributed by atoms with Crippen LogP contribution in [-0.2, 0) is 0 Å². The molecule has 0 amide bonds. The van der Waals surface area contributed by atoms with E-state index in [1.165, 1.54) is 25.7 Å². The van der Waals surface area contributed by atoms with Gasteiger partial charge >= 0.3 is 0 Å². The lowest BCUT2D eigenvalue weighted by Gasteiger charge is -2.06. The van der Waals surface area contributed by atoms with Crippen LogP contribution in [0.3, 0.4) is 0 Å².